The van der Waals surface area contributed by atoms with E-state index in [2.05, 4.69) is 36.8 Å². The molecule has 0 radical (unpaired) electrons. The molecule has 0 unspecified atom stereocenters. The highest BCUT2D eigenvalue weighted by Crippen LogP contribution is 2.20. The minimum absolute atomic E-state index is 0.426. The second-order valence-electron chi connectivity index (χ2n) is 5.06. The van der Waals surface area contributed by atoms with Crippen LogP contribution in [0.5, 0.6) is 5.75 Å². The molecule has 25 heavy (non-hydrogen) atoms. The number of halogens is 1. The predicted molar refractivity (Wildman–Crippen MR) is 105 cm³/mol. The van der Waals surface area contributed by atoms with Gasteiger partial charge in [-0.05, 0) is 61.1 Å². The maximum Gasteiger partial charge on any atom is 0.216 e. The summed E-state index contributed by atoms with van der Waals surface area (Å²) in [4.78, 5) is 0. The monoisotopic (exact) mass is 417 g/mol. The normalized spacial score (nSPS) is 11.0. The first-order valence-electron chi connectivity index (χ1n) is 7.62. The van der Waals surface area contributed by atoms with Crippen LogP contribution in [0.15, 0.2) is 58.1 Å². The molecule has 1 heterocycles. The number of ether oxygens (including phenoxy) is 1. The molecule has 0 aliphatic carbocycles. The summed E-state index contributed by atoms with van der Waals surface area (Å²) >= 11 is 8.70. The summed E-state index contributed by atoms with van der Waals surface area (Å²) in [5.41, 5.74) is 4.76. The Morgan fingerprint density at radius 1 is 1.32 bits per heavy atom. The molecule has 2 aromatic carbocycles. The third kappa shape index (κ3) is 4.34. The molecule has 0 atom stereocenters. The standard InChI is InChI=1S/C17H16BrN5OS/c1-2-24-15-8-6-13(7-9-15)16-20-21-17(25)23(16)22-19-11-12-4-3-5-14(18)10-12/h3-11,22H,2H2,1H3,(H,21,25). The number of nitrogens with one attached hydrogen (secondary N) is 2. The van der Waals surface area contributed by atoms with E-state index < -0.39 is 0 Å². The molecule has 0 bridgehead atoms. The number of aromatic nitrogens is 3. The highest BCUT2D eigenvalue weighted by molar-refractivity contribution is 9.10. The molecule has 0 spiro atoms. The minimum atomic E-state index is 0.426. The summed E-state index contributed by atoms with van der Waals surface area (Å²) in [5.74, 6) is 1.45. The van der Waals surface area contributed by atoms with Crippen LogP contribution in [0.1, 0.15) is 12.5 Å². The lowest BCUT2D eigenvalue weighted by atomic mass is 10.2. The molecule has 1 aromatic heterocycles. The fourth-order valence-corrected chi connectivity index (χ4v) is 2.79. The highest BCUT2D eigenvalue weighted by atomic mass is 79.9. The summed E-state index contributed by atoms with van der Waals surface area (Å²) < 4.78 is 8.49. The Labute approximate surface area is 158 Å². The fraction of sp³-hybridized carbons (Fsp3) is 0.118. The Morgan fingerprint density at radius 3 is 2.84 bits per heavy atom. The molecule has 2 N–H and O–H groups in total. The molecule has 0 aliphatic heterocycles. The highest BCUT2D eigenvalue weighted by Gasteiger charge is 2.08. The van der Waals surface area contributed by atoms with E-state index >= 15 is 0 Å². The van der Waals surface area contributed by atoms with Gasteiger partial charge in [0.1, 0.15) is 5.75 Å². The first kappa shape index (κ1) is 17.4. The smallest absolute Gasteiger partial charge is 0.216 e. The zero-order chi connectivity index (χ0) is 17.6. The Balaban J connectivity index is 1.81. The number of hydrogen-bond acceptors (Lipinski definition) is 5. The Hall–Kier alpha value is -2.45. The zero-order valence-electron chi connectivity index (χ0n) is 13.4. The molecule has 0 saturated carbocycles. The van der Waals surface area contributed by atoms with E-state index in [-0.39, 0.29) is 0 Å². The van der Waals surface area contributed by atoms with Gasteiger partial charge in [-0.1, -0.05) is 28.1 Å². The minimum Gasteiger partial charge on any atom is -0.494 e. The molecule has 3 aromatic rings. The number of nitrogens with zero attached hydrogens (tertiary/aromatic N) is 3. The predicted octanol–water partition coefficient (Wildman–Crippen LogP) is 4.35. The van der Waals surface area contributed by atoms with Crippen molar-refractivity contribution in [2.45, 2.75) is 6.92 Å². The van der Waals surface area contributed by atoms with Crippen LogP contribution in [-0.2, 0) is 0 Å². The molecule has 0 fully saturated rings. The molecule has 8 heteroatoms. The molecule has 0 saturated heterocycles. The molecule has 0 amide bonds. The van der Waals surface area contributed by atoms with Crippen LogP contribution in [0.3, 0.4) is 0 Å². The second-order valence-corrected chi connectivity index (χ2v) is 6.36. The van der Waals surface area contributed by atoms with Crippen molar-refractivity contribution in [1.82, 2.24) is 14.9 Å². The van der Waals surface area contributed by atoms with Crippen molar-refractivity contribution < 1.29 is 4.74 Å². The molecular weight excluding hydrogens is 402 g/mol. The lowest BCUT2D eigenvalue weighted by Crippen LogP contribution is -2.10. The van der Waals surface area contributed by atoms with E-state index in [0.717, 1.165) is 21.3 Å². The Kier molecular flexibility index (Phi) is 5.62. The fourth-order valence-electron chi connectivity index (χ4n) is 2.20. The number of H-pyrrole nitrogens is 1. The summed E-state index contributed by atoms with van der Waals surface area (Å²) in [6, 6.07) is 15.5. The quantitative estimate of drug-likeness (QED) is 0.355. The maximum absolute atomic E-state index is 5.46. The van der Waals surface area contributed by atoms with Crippen molar-refractivity contribution in [3.05, 3.63) is 63.3 Å². The number of rotatable bonds is 6. The second kappa shape index (κ2) is 8.09. The largest absolute Gasteiger partial charge is 0.494 e. The van der Waals surface area contributed by atoms with Gasteiger partial charge in [0.2, 0.25) is 4.77 Å². The van der Waals surface area contributed by atoms with Gasteiger partial charge in [0.25, 0.3) is 0 Å². The molecule has 6 nitrogen and oxygen atoms in total. The van der Waals surface area contributed by atoms with Gasteiger partial charge in [0.05, 0.1) is 12.8 Å². The van der Waals surface area contributed by atoms with Crippen molar-refractivity contribution >= 4 is 34.4 Å². The Bertz CT molecular complexity index is 933. The third-order valence-corrected chi connectivity index (χ3v) is 4.08. The van der Waals surface area contributed by atoms with Crippen molar-refractivity contribution in [3.63, 3.8) is 0 Å². The third-order valence-electron chi connectivity index (χ3n) is 3.32. The number of hydrazone groups is 1. The van der Waals surface area contributed by atoms with Crippen molar-refractivity contribution in [3.8, 4) is 17.1 Å². The van der Waals surface area contributed by atoms with Gasteiger partial charge in [0.15, 0.2) is 5.82 Å². The van der Waals surface area contributed by atoms with Gasteiger partial charge in [-0.15, -0.1) is 0 Å². The van der Waals surface area contributed by atoms with Gasteiger partial charge in [-0.2, -0.15) is 14.9 Å². The summed E-state index contributed by atoms with van der Waals surface area (Å²) in [6.07, 6.45) is 1.71. The van der Waals surface area contributed by atoms with E-state index in [1.54, 1.807) is 10.9 Å². The lowest BCUT2D eigenvalue weighted by molar-refractivity contribution is 0.340. The number of benzene rings is 2. The van der Waals surface area contributed by atoms with Crippen LogP contribution in [0.2, 0.25) is 0 Å². The van der Waals surface area contributed by atoms with Crippen molar-refractivity contribution in [2.75, 3.05) is 12.1 Å². The van der Waals surface area contributed by atoms with E-state index in [1.807, 2.05) is 55.5 Å². The summed E-state index contributed by atoms with van der Waals surface area (Å²) in [7, 11) is 0. The van der Waals surface area contributed by atoms with Gasteiger partial charge in [0, 0.05) is 10.0 Å². The van der Waals surface area contributed by atoms with Crippen LogP contribution >= 0.6 is 28.1 Å². The first-order chi connectivity index (χ1) is 12.2. The first-order valence-corrected chi connectivity index (χ1v) is 8.83. The SMILES string of the molecule is CCOc1ccc(-c2n[nH]c(=S)n2NN=Cc2cccc(Br)c2)cc1. The van der Waals surface area contributed by atoms with Gasteiger partial charge >= 0.3 is 0 Å². The van der Waals surface area contributed by atoms with Crippen molar-refractivity contribution in [1.29, 1.82) is 0 Å². The molecule has 0 aliphatic rings. The van der Waals surface area contributed by atoms with Crippen LogP contribution in [0.25, 0.3) is 11.4 Å². The average Bonchev–Trinajstić information content (AvgIpc) is 2.97. The maximum atomic E-state index is 5.46. The van der Waals surface area contributed by atoms with Gasteiger partial charge in [-0.3, -0.25) is 0 Å². The summed E-state index contributed by atoms with van der Waals surface area (Å²) in [5, 5.41) is 11.3. The van der Waals surface area contributed by atoms with Crippen molar-refractivity contribution in [2.24, 2.45) is 5.10 Å². The Morgan fingerprint density at radius 2 is 2.12 bits per heavy atom. The zero-order valence-corrected chi connectivity index (χ0v) is 15.8. The van der Waals surface area contributed by atoms with E-state index in [4.69, 9.17) is 17.0 Å². The number of hydrogen-bond donors (Lipinski definition) is 2. The molecule has 128 valence electrons. The van der Waals surface area contributed by atoms with E-state index in [1.165, 1.54) is 0 Å². The number of aromatic amines is 1. The summed E-state index contributed by atoms with van der Waals surface area (Å²) in [6.45, 7) is 2.58. The van der Waals surface area contributed by atoms with Crippen LogP contribution in [0.4, 0.5) is 0 Å². The lowest BCUT2D eigenvalue weighted by Gasteiger charge is -2.07. The average molecular weight is 418 g/mol. The van der Waals surface area contributed by atoms with Gasteiger partial charge in [-0.25, -0.2) is 10.6 Å². The van der Waals surface area contributed by atoms with Crippen LogP contribution in [0, 0.1) is 4.77 Å². The van der Waals surface area contributed by atoms with E-state index in [0.29, 0.717) is 17.2 Å². The molecule has 3 rings (SSSR count). The molecular formula is C17H16BrN5OS. The topological polar surface area (TPSA) is 67.2 Å². The van der Waals surface area contributed by atoms with E-state index in [9.17, 15) is 0 Å². The van der Waals surface area contributed by atoms with Crippen LogP contribution in [-0.4, -0.2) is 27.7 Å². The van der Waals surface area contributed by atoms with Gasteiger partial charge < -0.3 is 4.74 Å². The van der Waals surface area contributed by atoms with Crippen LogP contribution < -0.4 is 10.3 Å².